The normalized spacial score (nSPS) is 16.5. The zero-order valence-corrected chi connectivity index (χ0v) is 13.1. The second kappa shape index (κ2) is 6.69. The first kappa shape index (κ1) is 15.3. The molecule has 3 rings (SSSR count). The molecule has 1 aromatic heterocycles. The molecule has 0 saturated heterocycles. The van der Waals surface area contributed by atoms with Crippen LogP contribution in [0.15, 0.2) is 42.6 Å². The standard InChI is InChI=1S/C18H20N2O3/c1-20(16-10-4-7-13-6-2-3-8-14(13)16)17(21)12-23-18(22)15-9-5-11-19-15/h2-3,5-6,8-9,11,16,19H,4,7,10,12H2,1H3/t16-/m0/s1. The van der Waals surface area contributed by atoms with Crippen LogP contribution in [-0.2, 0) is 16.0 Å². The molecule has 0 bridgehead atoms. The van der Waals surface area contributed by atoms with Crippen LogP contribution in [0.25, 0.3) is 0 Å². The number of aromatic amines is 1. The number of carbonyl (C=O) groups is 2. The maximum Gasteiger partial charge on any atom is 0.355 e. The Hall–Kier alpha value is -2.56. The van der Waals surface area contributed by atoms with Gasteiger partial charge in [-0.15, -0.1) is 0 Å². The van der Waals surface area contributed by atoms with Crippen molar-refractivity contribution in [1.82, 2.24) is 9.88 Å². The average molecular weight is 312 g/mol. The van der Waals surface area contributed by atoms with Crippen LogP contribution in [0.2, 0.25) is 0 Å². The van der Waals surface area contributed by atoms with Gasteiger partial charge in [-0.2, -0.15) is 0 Å². The number of nitrogens with one attached hydrogen (secondary N) is 1. The molecule has 1 atom stereocenters. The Labute approximate surface area is 135 Å². The Morgan fingerprint density at radius 2 is 2.09 bits per heavy atom. The van der Waals surface area contributed by atoms with E-state index in [1.165, 1.54) is 11.1 Å². The molecule has 0 spiro atoms. The Balaban J connectivity index is 1.63. The molecule has 1 aliphatic rings. The lowest BCUT2D eigenvalue weighted by molar-refractivity contribution is -0.135. The van der Waals surface area contributed by atoms with Crippen molar-refractivity contribution < 1.29 is 14.3 Å². The molecule has 1 heterocycles. The Bertz CT molecular complexity index is 694. The van der Waals surface area contributed by atoms with E-state index < -0.39 is 5.97 Å². The minimum Gasteiger partial charge on any atom is -0.451 e. The summed E-state index contributed by atoms with van der Waals surface area (Å²) in [6.07, 6.45) is 4.69. The molecule has 0 aliphatic heterocycles. The summed E-state index contributed by atoms with van der Waals surface area (Å²) >= 11 is 0. The highest BCUT2D eigenvalue weighted by molar-refractivity contribution is 5.89. The predicted octanol–water partition coefficient (Wildman–Crippen LogP) is 2.71. The number of aromatic nitrogens is 1. The van der Waals surface area contributed by atoms with Gasteiger partial charge in [0, 0.05) is 13.2 Å². The van der Waals surface area contributed by atoms with Crippen molar-refractivity contribution in [2.45, 2.75) is 25.3 Å². The van der Waals surface area contributed by atoms with Crippen molar-refractivity contribution in [3.05, 3.63) is 59.4 Å². The van der Waals surface area contributed by atoms with Crippen LogP contribution in [0, 0.1) is 0 Å². The number of hydrogen-bond acceptors (Lipinski definition) is 3. The van der Waals surface area contributed by atoms with Crippen LogP contribution >= 0.6 is 0 Å². The molecule has 0 radical (unpaired) electrons. The highest BCUT2D eigenvalue weighted by Crippen LogP contribution is 2.33. The zero-order valence-electron chi connectivity index (χ0n) is 13.1. The Morgan fingerprint density at radius 3 is 2.87 bits per heavy atom. The van der Waals surface area contributed by atoms with Crippen molar-refractivity contribution in [2.75, 3.05) is 13.7 Å². The van der Waals surface area contributed by atoms with Crippen molar-refractivity contribution >= 4 is 11.9 Å². The molecule has 0 saturated carbocycles. The summed E-state index contributed by atoms with van der Waals surface area (Å²) in [5.41, 5.74) is 2.85. The molecule has 120 valence electrons. The number of carbonyl (C=O) groups excluding carboxylic acids is 2. The number of esters is 1. The number of ether oxygens (including phenoxy) is 1. The van der Waals surface area contributed by atoms with E-state index in [1.54, 1.807) is 30.3 Å². The average Bonchev–Trinajstić information content (AvgIpc) is 3.13. The summed E-state index contributed by atoms with van der Waals surface area (Å²) in [6.45, 7) is -0.243. The SMILES string of the molecule is CN(C(=O)COC(=O)c1ccc[nH]1)[C@H]1CCCc2ccccc21. The van der Waals surface area contributed by atoms with Crippen LogP contribution in [0.3, 0.4) is 0 Å². The first-order valence-electron chi connectivity index (χ1n) is 7.81. The maximum atomic E-state index is 12.4. The van der Waals surface area contributed by atoms with Crippen molar-refractivity contribution in [2.24, 2.45) is 0 Å². The maximum absolute atomic E-state index is 12.4. The van der Waals surface area contributed by atoms with Gasteiger partial charge in [0.2, 0.25) is 0 Å². The van der Waals surface area contributed by atoms with Gasteiger partial charge in [0.05, 0.1) is 6.04 Å². The fourth-order valence-corrected chi connectivity index (χ4v) is 3.07. The molecular formula is C18H20N2O3. The lowest BCUT2D eigenvalue weighted by Gasteiger charge is -2.33. The monoisotopic (exact) mass is 312 g/mol. The summed E-state index contributed by atoms with van der Waals surface area (Å²) < 4.78 is 5.09. The van der Waals surface area contributed by atoms with Gasteiger partial charge >= 0.3 is 5.97 Å². The fraction of sp³-hybridized carbons (Fsp3) is 0.333. The van der Waals surface area contributed by atoms with E-state index in [0.29, 0.717) is 5.69 Å². The minimum atomic E-state index is -0.513. The molecule has 2 aromatic rings. The molecule has 1 aliphatic carbocycles. The number of amides is 1. The second-order valence-electron chi connectivity index (χ2n) is 5.77. The molecule has 5 nitrogen and oxygen atoms in total. The van der Waals surface area contributed by atoms with E-state index in [0.717, 1.165) is 19.3 Å². The predicted molar refractivity (Wildman–Crippen MR) is 86.0 cm³/mol. The summed E-state index contributed by atoms with van der Waals surface area (Å²) in [5, 5.41) is 0. The number of hydrogen-bond donors (Lipinski definition) is 1. The smallest absolute Gasteiger partial charge is 0.355 e. The molecule has 1 aromatic carbocycles. The third kappa shape index (κ3) is 3.28. The van der Waals surface area contributed by atoms with Gasteiger partial charge in [-0.3, -0.25) is 4.79 Å². The molecule has 1 amide bonds. The number of fused-ring (bicyclic) bond motifs is 1. The number of rotatable bonds is 4. The van der Waals surface area contributed by atoms with E-state index in [1.807, 2.05) is 12.1 Å². The fourth-order valence-electron chi connectivity index (χ4n) is 3.07. The number of aryl methyl sites for hydroxylation is 1. The van der Waals surface area contributed by atoms with E-state index in [2.05, 4.69) is 17.1 Å². The first-order chi connectivity index (χ1) is 11.2. The molecule has 23 heavy (non-hydrogen) atoms. The van der Waals surface area contributed by atoms with Gasteiger partial charge in [0.25, 0.3) is 5.91 Å². The van der Waals surface area contributed by atoms with Crippen molar-refractivity contribution in [1.29, 1.82) is 0 Å². The van der Waals surface area contributed by atoms with E-state index in [9.17, 15) is 9.59 Å². The quantitative estimate of drug-likeness (QED) is 0.883. The van der Waals surface area contributed by atoms with E-state index >= 15 is 0 Å². The third-order valence-electron chi connectivity index (χ3n) is 4.34. The Kier molecular flexibility index (Phi) is 4.46. The number of benzene rings is 1. The highest BCUT2D eigenvalue weighted by Gasteiger charge is 2.27. The van der Waals surface area contributed by atoms with Crippen molar-refractivity contribution in [3.63, 3.8) is 0 Å². The Morgan fingerprint density at radius 1 is 1.26 bits per heavy atom. The van der Waals surface area contributed by atoms with Gasteiger partial charge in [-0.05, 0) is 42.5 Å². The summed E-state index contributed by atoms with van der Waals surface area (Å²) in [4.78, 5) is 28.6. The largest absolute Gasteiger partial charge is 0.451 e. The first-order valence-corrected chi connectivity index (χ1v) is 7.81. The van der Waals surface area contributed by atoms with Gasteiger partial charge < -0.3 is 14.6 Å². The number of nitrogens with zero attached hydrogens (tertiary/aromatic N) is 1. The summed E-state index contributed by atoms with van der Waals surface area (Å²) in [5.74, 6) is -0.701. The van der Waals surface area contributed by atoms with Gasteiger partial charge in [0.15, 0.2) is 6.61 Å². The van der Waals surface area contributed by atoms with Crippen LogP contribution in [-0.4, -0.2) is 35.4 Å². The summed E-state index contributed by atoms with van der Waals surface area (Å²) in [6, 6.07) is 11.6. The highest BCUT2D eigenvalue weighted by atomic mass is 16.5. The number of H-pyrrole nitrogens is 1. The zero-order chi connectivity index (χ0) is 16.2. The van der Waals surface area contributed by atoms with Crippen molar-refractivity contribution in [3.8, 4) is 0 Å². The lowest BCUT2D eigenvalue weighted by Crippen LogP contribution is -2.36. The third-order valence-corrected chi connectivity index (χ3v) is 4.34. The van der Waals surface area contributed by atoms with Gasteiger partial charge in [-0.1, -0.05) is 24.3 Å². The lowest BCUT2D eigenvalue weighted by atomic mass is 9.87. The van der Waals surface area contributed by atoms with E-state index in [4.69, 9.17) is 4.74 Å². The van der Waals surface area contributed by atoms with E-state index in [-0.39, 0.29) is 18.6 Å². The van der Waals surface area contributed by atoms with Crippen LogP contribution in [0.1, 0.15) is 40.5 Å². The molecule has 5 heteroatoms. The number of likely N-dealkylation sites (N-methyl/N-ethyl adjacent to an activating group) is 1. The summed E-state index contributed by atoms with van der Waals surface area (Å²) in [7, 11) is 1.78. The molecular weight excluding hydrogens is 292 g/mol. The van der Waals surface area contributed by atoms with Crippen LogP contribution in [0.5, 0.6) is 0 Å². The van der Waals surface area contributed by atoms with Gasteiger partial charge in [-0.25, -0.2) is 4.79 Å². The second-order valence-corrected chi connectivity index (χ2v) is 5.77. The minimum absolute atomic E-state index is 0.0524. The van der Waals surface area contributed by atoms with Crippen LogP contribution in [0.4, 0.5) is 0 Å². The van der Waals surface area contributed by atoms with Crippen LogP contribution < -0.4 is 0 Å². The molecule has 1 N–H and O–H groups in total. The molecule has 0 unspecified atom stereocenters. The molecule has 0 fully saturated rings. The topological polar surface area (TPSA) is 62.4 Å². The van der Waals surface area contributed by atoms with Gasteiger partial charge in [0.1, 0.15) is 5.69 Å².